The highest BCUT2D eigenvalue weighted by Crippen LogP contribution is 2.18. The van der Waals surface area contributed by atoms with Crippen LogP contribution >= 0.6 is 27.7 Å². The normalized spacial score (nSPS) is 12.7. The highest BCUT2D eigenvalue weighted by molar-refractivity contribution is 9.10. The maximum Gasteiger partial charge on any atom is 0.0961 e. The molecule has 1 aromatic heterocycles. The average Bonchev–Trinajstić information content (AvgIpc) is 2.32. The van der Waals surface area contributed by atoms with Crippen molar-refractivity contribution in [3.05, 3.63) is 22.8 Å². The molecule has 1 N–H and O–H groups in total. The summed E-state index contributed by atoms with van der Waals surface area (Å²) in [5.41, 5.74) is 0. The van der Waals surface area contributed by atoms with E-state index in [-0.39, 0.29) is 0 Å². The lowest BCUT2D eigenvalue weighted by Crippen LogP contribution is -2.31. The molecule has 0 amide bonds. The average molecular weight is 303 g/mol. The fourth-order valence-electron chi connectivity index (χ4n) is 1.30. The van der Waals surface area contributed by atoms with Crippen molar-refractivity contribution in [1.82, 2.24) is 10.3 Å². The van der Waals surface area contributed by atoms with E-state index in [4.69, 9.17) is 0 Å². The first-order valence-electron chi connectivity index (χ1n) is 5.74. The molecule has 1 rings (SSSR count). The first-order chi connectivity index (χ1) is 7.76. The summed E-state index contributed by atoms with van der Waals surface area (Å²) in [5.74, 6) is 1.09. The number of rotatable bonds is 7. The molecule has 90 valence electrons. The second-order valence-electron chi connectivity index (χ2n) is 3.68. The molecule has 1 heterocycles. The Bertz CT molecular complexity index is 290. The molecule has 0 fully saturated rings. The predicted octanol–water partition coefficient (Wildman–Crippen LogP) is 3.71. The zero-order valence-corrected chi connectivity index (χ0v) is 12.3. The molecule has 0 aromatic carbocycles. The Kier molecular flexibility index (Phi) is 7.08. The van der Waals surface area contributed by atoms with Crippen LogP contribution in [-0.2, 0) is 0 Å². The second kappa shape index (κ2) is 8.09. The van der Waals surface area contributed by atoms with E-state index in [0.717, 1.165) is 21.8 Å². The van der Waals surface area contributed by atoms with Gasteiger partial charge in [-0.1, -0.05) is 13.8 Å². The fraction of sp³-hybridized carbons (Fsp3) is 0.583. The second-order valence-corrected chi connectivity index (χ2v) is 5.64. The molecule has 0 saturated carbocycles. The molecule has 1 atom stereocenters. The molecule has 0 aliphatic heterocycles. The standard InChI is InChI=1S/C12H19BrN2S/c1-3-7-14-11(4-2)9-16-12-6-5-10(13)8-15-12/h5-6,8,11,14H,3-4,7,9H2,1-2H3. The van der Waals surface area contributed by atoms with Gasteiger partial charge in [-0.3, -0.25) is 0 Å². The van der Waals surface area contributed by atoms with Gasteiger partial charge in [0.15, 0.2) is 0 Å². The third-order valence-electron chi connectivity index (χ3n) is 2.31. The summed E-state index contributed by atoms with van der Waals surface area (Å²) >= 11 is 5.21. The number of pyridine rings is 1. The van der Waals surface area contributed by atoms with E-state index < -0.39 is 0 Å². The highest BCUT2D eigenvalue weighted by atomic mass is 79.9. The summed E-state index contributed by atoms with van der Waals surface area (Å²) in [7, 11) is 0. The van der Waals surface area contributed by atoms with Gasteiger partial charge in [-0.2, -0.15) is 0 Å². The molecule has 1 aromatic rings. The van der Waals surface area contributed by atoms with Gasteiger partial charge in [0.05, 0.1) is 5.03 Å². The van der Waals surface area contributed by atoms with Gasteiger partial charge >= 0.3 is 0 Å². The summed E-state index contributed by atoms with van der Waals surface area (Å²) in [6.07, 6.45) is 4.21. The van der Waals surface area contributed by atoms with E-state index in [9.17, 15) is 0 Å². The summed E-state index contributed by atoms with van der Waals surface area (Å²) in [6.45, 7) is 5.53. The van der Waals surface area contributed by atoms with Crippen LogP contribution in [0.2, 0.25) is 0 Å². The Morgan fingerprint density at radius 2 is 2.25 bits per heavy atom. The lowest BCUT2D eigenvalue weighted by Gasteiger charge is -2.15. The molecule has 1 unspecified atom stereocenters. The monoisotopic (exact) mass is 302 g/mol. The number of aromatic nitrogens is 1. The van der Waals surface area contributed by atoms with Crippen LogP contribution in [0.1, 0.15) is 26.7 Å². The Hall–Kier alpha value is -0.0600. The van der Waals surface area contributed by atoms with Gasteiger partial charge in [-0.15, -0.1) is 11.8 Å². The quantitative estimate of drug-likeness (QED) is 0.777. The largest absolute Gasteiger partial charge is 0.313 e. The van der Waals surface area contributed by atoms with Crippen molar-refractivity contribution in [2.45, 2.75) is 37.8 Å². The minimum Gasteiger partial charge on any atom is -0.313 e. The lowest BCUT2D eigenvalue weighted by atomic mass is 10.2. The van der Waals surface area contributed by atoms with Crippen molar-refractivity contribution in [1.29, 1.82) is 0 Å². The Balaban J connectivity index is 2.34. The number of halogens is 1. The molecule has 0 radical (unpaired) electrons. The van der Waals surface area contributed by atoms with Gasteiger partial charge in [0.1, 0.15) is 0 Å². The van der Waals surface area contributed by atoms with E-state index in [0.29, 0.717) is 6.04 Å². The predicted molar refractivity (Wildman–Crippen MR) is 75.0 cm³/mol. The van der Waals surface area contributed by atoms with Crippen LogP contribution in [0, 0.1) is 0 Å². The zero-order chi connectivity index (χ0) is 11.8. The van der Waals surface area contributed by atoms with Gasteiger partial charge in [0.2, 0.25) is 0 Å². The third-order valence-corrected chi connectivity index (χ3v) is 3.88. The first kappa shape index (κ1) is 14.0. The Labute approximate surface area is 111 Å². The molecule has 0 aliphatic rings. The van der Waals surface area contributed by atoms with Gasteiger partial charge in [0.25, 0.3) is 0 Å². The van der Waals surface area contributed by atoms with E-state index in [1.165, 1.54) is 12.8 Å². The summed E-state index contributed by atoms with van der Waals surface area (Å²) in [6, 6.07) is 4.69. The molecule has 2 nitrogen and oxygen atoms in total. The van der Waals surface area contributed by atoms with Crippen molar-refractivity contribution in [2.75, 3.05) is 12.3 Å². The topological polar surface area (TPSA) is 24.9 Å². The smallest absolute Gasteiger partial charge is 0.0961 e. The van der Waals surface area contributed by atoms with Crippen molar-refractivity contribution in [3.8, 4) is 0 Å². The van der Waals surface area contributed by atoms with Gasteiger partial charge in [-0.05, 0) is 47.4 Å². The minimum atomic E-state index is 0.593. The van der Waals surface area contributed by atoms with E-state index in [1.54, 1.807) is 0 Å². The van der Waals surface area contributed by atoms with Gasteiger partial charge in [-0.25, -0.2) is 4.98 Å². The van der Waals surface area contributed by atoms with E-state index in [1.807, 2.05) is 24.0 Å². The summed E-state index contributed by atoms with van der Waals surface area (Å²) in [4.78, 5) is 4.35. The summed E-state index contributed by atoms with van der Waals surface area (Å²) < 4.78 is 1.04. The molecule has 0 saturated heterocycles. The number of nitrogens with one attached hydrogen (secondary N) is 1. The minimum absolute atomic E-state index is 0.593. The van der Waals surface area contributed by atoms with E-state index in [2.05, 4.69) is 46.1 Å². The number of hydrogen-bond donors (Lipinski definition) is 1. The Morgan fingerprint density at radius 3 is 2.81 bits per heavy atom. The zero-order valence-electron chi connectivity index (χ0n) is 9.87. The van der Waals surface area contributed by atoms with Crippen LogP contribution in [0.15, 0.2) is 27.8 Å². The van der Waals surface area contributed by atoms with Crippen molar-refractivity contribution in [2.24, 2.45) is 0 Å². The molecular formula is C12H19BrN2S. The van der Waals surface area contributed by atoms with Crippen LogP contribution in [0.5, 0.6) is 0 Å². The molecule has 0 bridgehead atoms. The highest BCUT2D eigenvalue weighted by Gasteiger charge is 2.05. The SMILES string of the molecule is CCCNC(CC)CSc1ccc(Br)cn1. The van der Waals surface area contributed by atoms with Crippen LogP contribution < -0.4 is 5.32 Å². The van der Waals surface area contributed by atoms with Crippen molar-refractivity contribution < 1.29 is 0 Å². The van der Waals surface area contributed by atoms with Crippen LogP contribution in [0.25, 0.3) is 0 Å². The van der Waals surface area contributed by atoms with E-state index >= 15 is 0 Å². The molecular weight excluding hydrogens is 284 g/mol. The molecule has 0 spiro atoms. The lowest BCUT2D eigenvalue weighted by molar-refractivity contribution is 0.539. The van der Waals surface area contributed by atoms with Crippen LogP contribution in [0.4, 0.5) is 0 Å². The number of thioether (sulfide) groups is 1. The van der Waals surface area contributed by atoms with Gasteiger partial charge in [0, 0.05) is 22.5 Å². The fourth-order valence-corrected chi connectivity index (χ4v) is 2.55. The third kappa shape index (κ3) is 5.32. The van der Waals surface area contributed by atoms with Crippen LogP contribution in [-0.4, -0.2) is 23.3 Å². The first-order valence-corrected chi connectivity index (χ1v) is 7.51. The number of nitrogens with zero attached hydrogens (tertiary/aromatic N) is 1. The van der Waals surface area contributed by atoms with Crippen molar-refractivity contribution >= 4 is 27.7 Å². The maximum atomic E-state index is 4.35. The van der Waals surface area contributed by atoms with Crippen molar-refractivity contribution in [3.63, 3.8) is 0 Å². The molecule has 4 heteroatoms. The maximum absolute atomic E-state index is 4.35. The molecule has 16 heavy (non-hydrogen) atoms. The van der Waals surface area contributed by atoms with Crippen LogP contribution in [0.3, 0.4) is 0 Å². The number of hydrogen-bond acceptors (Lipinski definition) is 3. The van der Waals surface area contributed by atoms with Gasteiger partial charge < -0.3 is 5.32 Å². The Morgan fingerprint density at radius 1 is 1.44 bits per heavy atom. The molecule has 0 aliphatic carbocycles. The summed E-state index contributed by atoms with van der Waals surface area (Å²) in [5, 5.41) is 4.64.